The molecule has 0 bridgehead atoms. The van der Waals surface area contributed by atoms with Crippen LogP contribution in [0.2, 0.25) is 0 Å². The summed E-state index contributed by atoms with van der Waals surface area (Å²) in [4.78, 5) is 30.3. The van der Waals surface area contributed by atoms with Crippen molar-refractivity contribution in [2.24, 2.45) is 0 Å². The van der Waals surface area contributed by atoms with Crippen molar-refractivity contribution < 1.29 is 27.1 Å². The molecule has 1 aromatic heterocycles. The predicted octanol–water partition coefficient (Wildman–Crippen LogP) is 1.20. The molecular formula is C18H20FN3O5S. The first-order valence-corrected chi connectivity index (χ1v) is 10.5. The summed E-state index contributed by atoms with van der Waals surface area (Å²) in [7, 11) is -1.64. The van der Waals surface area contributed by atoms with Gasteiger partial charge in [0.25, 0.3) is 5.91 Å². The molecule has 0 saturated carbocycles. The number of nitrogens with zero attached hydrogens (tertiary/aromatic N) is 3. The Hall–Kier alpha value is -2.75. The molecule has 28 heavy (non-hydrogen) atoms. The maximum Gasteiger partial charge on any atom is 0.357 e. The second-order valence-corrected chi connectivity index (χ2v) is 8.91. The minimum atomic E-state index is -3.14. The monoisotopic (exact) mass is 409 g/mol. The molecule has 8 nitrogen and oxygen atoms in total. The Balaban J connectivity index is 1.69. The van der Waals surface area contributed by atoms with Gasteiger partial charge in [-0.1, -0.05) is 0 Å². The van der Waals surface area contributed by atoms with E-state index in [1.54, 1.807) is 0 Å². The van der Waals surface area contributed by atoms with Crippen LogP contribution >= 0.6 is 0 Å². The normalized spacial score (nSPS) is 19.2. The zero-order chi connectivity index (χ0) is 20.5. The first-order valence-electron chi connectivity index (χ1n) is 8.64. The van der Waals surface area contributed by atoms with Crippen molar-refractivity contribution in [1.82, 2.24) is 14.5 Å². The van der Waals surface area contributed by atoms with Crippen molar-refractivity contribution in [3.8, 4) is 5.69 Å². The number of carbonyl (C=O) groups excluding carboxylic acids is 2. The smallest absolute Gasteiger partial charge is 0.357 e. The van der Waals surface area contributed by atoms with Gasteiger partial charge in [0.05, 0.1) is 24.0 Å². The summed E-state index contributed by atoms with van der Waals surface area (Å²) >= 11 is 0. The standard InChI is InChI=1S/C18H20FN3O5S/c1-12(17(23)21(2)15-7-8-28(25,26)10-15)27-18(24)16-9-20-11-22(16)14-5-3-13(19)4-6-14/h3-6,9,11-12,15H,7-8,10H2,1-2H3. The highest BCUT2D eigenvalue weighted by Crippen LogP contribution is 2.18. The van der Waals surface area contributed by atoms with E-state index in [-0.39, 0.29) is 17.2 Å². The lowest BCUT2D eigenvalue weighted by Gasteiger charge is -2.26. The molecule has 1 aliphatic rings. The Morgan fingerprint density at radius 2 is 2.00 bits per heavy atom. The minimum absolute atomic E-state index is 0.0420. The fourth-order valence-corrected chi connectivity index (χ4v) is 4.85. The highest BCUT2D eigenvalue weighted by molar-refractivity contribution is 7.91. The highest BCUT2D eigenvalue weighted by atomic mass is 32.2. The van der Waals surface area contributed by atoms with Crippen LogP contribution in [0.1, 0.15) is 23.8 Å². The van der Waals surface area contributed by atoms with Gasteiger partial charge in [-0.2, -0.15) is 0 Å². The Kier molecular flexibility index (Phi) is 5.50. The van der Waals surface area contributed by atoms with Gasteiger partial charge < -0.3 is 9.64 Å². The van der Waals surface area contributed by atoms with Gasteiger partial charge in [-0.05, 0) is 37.6 Å². The van der Waals surface area contributed by atoms with E-state index >= 15 is 0 Å². The number of hydrogen-bond donors (Lipinski definition) is 0. The van der Waals surface area contributed by atoms with Gasteiger partial charge in [0.1, 0.15) is 5.82 Å². The molecule has 1 fully saturated rings. The first-order chi connectivity index (χ1) is 13.2. The van der Waals surface area contributed by atoms with Crippen molar-refractivity contribution in [2.75, 3.05) is 18.6 Å². The lowest BCUT2D eigenvalue weighted by molar-refractivity contribution is -0.140. The minimum Gasteiger partial charge on any atom is -0.448 e. The van der Waals surface area contributed by atoms with Crippen LogP contribution in [-0.4, -0.2) is 65.4 Å². The number of aromatic nitrogens is 2. The van der Waals surface area contributed by atoms with Crippen molar-refractivity contribution in [3.63, 3.8) is 0 Å². The molecule has 150 valence electrons. The van der Waals surface area contributed by atoms with Gasteiger partial charge in [-0.15, -0.1) is 0 Å². The number of halogens is 1. The summed E-state index contributed by atoms with van der Waals surface area (Å²) in [6.45, 7) is 1.43. The fraction of sp³-hybridized carbons (Fsp3) is 0.389. The van der Waals surface area contributed by atoms with Crippen LogP contribution in [-0.2, 0) is 19.4 Å². The first kappa shape index (κ1) is 20.0. The number of benzene rings is 1. The number of imidazole rings is 1. The summed E-state index contributed by atoms with van der Waals surface area (Å²) in [5.74, 6) is -1.71. The molecule has 2 aromatic rings. The molecule has 2 heterocycles. The maximum absolute atomic E-state index is 13.1. The number of hydrogen-bond acceptors (Lipinski definition) is 6. The quantitative estimate of drug-likeness (QED) is 0.689. The van der Waals surface area contributed by atoms with Crippen LogP contribution in [0.5, 0.6) is 0 Å². The van der Waals surface area contributed by atoms with Crippen LogP contribution in [0.4, 0.5) is 4.39 Å². The number of esters is 1. The molecule has 0 radical (unpaired) electrons. The average Bonchev–Trinajstić information content (AvgIpc) is 3.27. The molecule has 0 spiro atoms. The van der Waals surface area contributed by atoms with Crippen molar-refractivity contribution in [3.05, 3.63) is 48.3 Å². The molecule has 3 rings (SSSR count). The van der Waals surface area contributed by atoms with Crippen molar-refractivity contribution >= 4 is 21.7 Å². The van der Waals surface area contributed by atoms with Crippen LogP contribution in [0.25, 0.3) is 5.69 Å². The number of ether oxygens (including phenoxy) is 1. The van der Waals surface area contributed by atoms with Gasteiger partial charge in [0.15, 0.2) is 21.6 Å². The van der Waals surface area contributed by atoms with E-state index in [0.717, 1.165) is 0 Å². The Bertz CT molecular complexity index is 987. The lowest BCUT2D eigenvalue weighted by atomic mass is 10.2. The summed E-state index contributed by atoms with van der Waals surface area (Å²) in [6.07, 6.45) is 1.93. The SMILES string of the molecule is CC(OC(=O)c1cncn1-c1ccc(F)cc1)C(=O)N(C)C1CCS(=O)(=O)C1. The second-order valence-electron chi connectivity index (χ2n) is 6.68. The summed E-state index contributed by atoms with van der Waals surface area (Å²) in [5.41, 5.74) is 0.593. The van der Waals surface area contributed by atoms with Gasteiger partial charge >= 0.3 is 5.97 Å². The third-order valence-corrected chi connectivity index (χ3v) is 6.44. The molecular weight excluding hydrogens is 389 g/mol. The van der Waals surface area contributed by atoms with E-state index in [2.05, 4.69) is 4.98 Å². The topological polar surface area (TPSA) is 98.6 Å². The largest absolute Gasteiger partial charge is 0.448 e. The molecule has 1 amide bonds. The number of likely N-dealkylation sites (N-methyl/N-ethyl adjacent to an activating group) is 1. The Labute approximate surface area is 161 Å². The molecule has 10 heteroatoms. The molecule has 2 atom stereocenters. The number of carbonyl (C=O) groups is 2. The number of sulfone groups is 1. The Morgan fingerprint density at radius 1 is 1.32 bits per heavy atom. The molecule has 2 unspecified atom stereocenters. The molecule has 1 saturated heterocycles. The van der Waals surface area contributed by atoms with E-state index < -0.39 is 39.7 Å². The van der Waals surface area contributed by atoms with Gasteiger partial charge in [-0.3, -0.25) is 9.36 Å². The van der Waals surface area contributed by atoms with E-state index in [0.29, 0.717) is 12.1 Å². The third kappa shape index (κ3) is 4.22. The third-order valence-electron chi connectivity index (χ3n) is 4.69. The van der Waals surface area contributed by atoms with Crippen LogP contribution in [0.3, 0.4) is 0 Å². The molecule has 1 aliphatic heterocycles. The van der Waals surface area contributed by atoms with E-state index in [9.17, 15) is 22.4 Å². The molecule has 1 aromatic carbocycles. The average molecular weight is 409 g/mol. The zero-order valence-electron chi connectivity index (χ0n) is 15.4. The van der Waals surface area contributed by atoms with Crippen molar-refractivity contribution in [1.29, 1.82) is 0 Å². The fourth-order valence-electron chi connectivity index (χ4n) is 3.07. The van der Waals surface area contributed by atoms with Gasteiger partial charge in [-0.25, -0.2) is 22.6 Å². The van der Waals surface area contributed by atoms with Gasteiger partial charge in [0.2, 0.25) is 0 Å². The summed E-state index contributed by atoms with van der Waals surface area (Å²) in [5, 5.41) is 0. The van der Waals surface area contributed by atoms with Crippen LogP contribution in [0, 0.1) is 5.82 Å². The second kappa shape index (κ2) is 7.70. The van der Waals surface area contributed by atoms with Crippen LogP contribution in [0.15, 0.2) is 36.8 Å². The van der Waals surface area contributed by atoms with Crippen molar-refractivity contribution in [2.45, 2.75) is 25.5 Å². The maximum atomic E-state index is 13.1. The van der Waals surface area contributed by atoms with Gasteiger partial charge in [0, 0.05) is 18.8 Å². The Morgan fingerprint density at radius 3 is 2.61 bits per heavy atom. The predicted molar refractivity (Wildman–Crippen MR) is 98.2 cm³/mol. The highest BCUT2D eigenvalue weighted by Gasteiger charge is 2.35. The van der Waals surface area contributed by atoms with E-state index in [4.69, 9.17) is 4.74 Å². The van der Waals surface area contributed by atoms with E-state index in [1.807, 2.05) is 0 Å². The molecule has 0 aliphatic carbocycles. The number of amides is 1. The molecule has 0 N–H and O–H groups in total. The summed E-state index contributed by atoms with van der Waals surface area (Å²) in [6, 6.07) is 5.04. The lowest BCUT2D eigenvalue weighted by Crippen LogP contribution is -2.44. The summed E-state index contributed by atoms with van der Waals surface area (Å²) < 4.78 is 43.0. The van der Waals surface area contributed by atoms with E-state index in [1.165, 1.54) is 60.2 Å². The number of rotatable bonds is 5. The zero-order valence-corrected chi connectivity index (χ0v) is 16.2. The van der Waals surface area contributed by atoms with Crippen LogP contribution < -0.4 is 0 Å².